The normalized spacial score (nSPS) is 22.7. The Labute approximate surface area is 187 Å². The smallest absolute Gasteiger partial charge is 0.244 e. The molecule has 8 nitrogen and oxygen atoms in total. The van der Waals surface area contributed by atoms with Crippen molar-refractivity contribution in [2.45, 2.75) is 20.6 Å². The second kappa shape index (κ2) is 8.20. The standard InChI is InChI=1S/C18H16BrClN2O6S2/c19-15-7-13(20)3-6-16(15)30(27,28)22-9-17(18(24,10-22)11-23)29(25,26)14-4-1-12(8-21)2-5-14/h1-7,17,23-24H,9-11H2/t17-,18+/m0/s1. The number of sulfone groups is 1. The molecule has 0 saturated carbocycles. The van der Waals surface area contributed by atoms with Crippen molar-refractivity contribution < 1.29 is 27.0 Å². The predicted octanol–water partition coefficient (Wildman–Crippen LogP) is 1.54. The number of β-amino-alcohol motifs (C(OH)–C–C–N with tert-alkyl or cyclic N) is 1. The zero-order chi connectivity index (χ0) is 22.3. The van der Waals surface area contributed by atoms with Gasteiger partial charge >= 0.3 is 0 Å². The van der Waals surface area contributed by atoms with Crippen LogP contribution < -0.4 is 0 Å². The van der Waals surface area contributed by atoms with Gasteiger partial charge in [-0.25, -0.2) is 16.8 Å². The van der Waals surface area contributed by atoms with Crippen molar-refractivity contribution in [3.63, 3.8) is 0 Å². The van der Waals surface area contributed by atoms with E-state index in [2.05, 4.69) is 15.9 Å². The van der Waals surface area contributed by atoms with Crippen LogP contribution >= 0.6 is 27.5 Å². The minimum absolute atomic E-state index is 0.149. The van der Waals surface area contributed by atoms with Gasteiger partial charge in [0.15, 0.2) is 9.84 Å². The molecule has 0 radical (unpaired) electrons. The molecule has 0 bridgehead atoms. The summed E-state index contributed by atoms with van der Waals surface area (Å²) >= 11 is 8.99. The summed E-state index contributed by atoms with van der Waals surface area (Å²) in [5, 5.41) is 28.1. The molecule has 1 aliphatic rings. The van der Waals surface area contributed by atoms with Gasteiger partial charge < -0.3 is 10.2 Å². The third-order valence-corrected chi connectivity index (χ3v) is 10.2. The number of benzene rings is 2. The lowest BCUT2D eigenvalue weighted by Crippen LogP contribution is -2.49. The van der Waals surface area contributed by atoms with E-state index >= 15 is 0 Å². The van der Waals surface area contributed by atoms with E-state index in [0.717, 1.165) is 4.31 Å². The Morgan fingerprint density at radius 3 is 2.37 bits per heavy atom. The summed E-state index contributed by atoms with van der Waals surface area (Å²) in [6.07, 6.45) is 0. The van der Waals surface area contributed by atoms with Gasteiger partial charge in [-0.2, -0.15) is 9.57 Å². The van der Waals surface area contributed by atoms with Gasteiger partial charge in [0.2, 0.25) is 10.0 Å². The molecule has 160 valence electrons. The molecule has 0 unspecified atom stereocenters. The van der Waals surface area contributed by atoms with E-state index < -0.39 is 50.4 Å². The Bertz CT molecular complexity index is 1230. The summed E-state index contributed by atoms with van der Waals surface area (Å²) < 4.78 is 53.4. The maximum atomic E-state index is 13.1. The van der Waals surface area contributed by atoms with E-state index in [-0.39, 0.29) is 19.8 Å². The van der Waals surface area contributed by atoms with Crippen molar-refractivity contribution in [3.8, 4) is 6.07 Å². The summed E-state index contributed by atoms with van der Waals surface area (Å²) in [7, 11) is -8.44. The monoisotopic (exact) mass is 534 g/mol. The fourth-order valence-corrected chi connectivity index (χ4v) is 8.16. The van der Waals surface area contributed by atoms with Crippen LogP contribution in [0.15, 0.2) is 56.7 Å². The van der Waals surface area contributed by atoms with Crippen molar-refractivity contribution in [1.82, 2.24) is 4.31 Å². The molecule has 3 rings (SSSR count). The molecule has 12 heteroatoms. The van der Waals surface area contributed by atoms with Crippen LogP contribution in [-0.2, 0) is 19.9 Å². The zero-order valence-electron chi connectivity index (χ0n) is 15.2. The Morgan fingerprint density at radius 1 is 1.20 bits per heavy atom. The van der Waals surface area contributed by atoms with Gasteiger partial charge in [0.25, 0.3) is 0 Å². The van der Waals surface area contributed by atoms with E-state index in [9.17, 15) is 27.0 Å². The van der Waals surface area contributed by atoms with Crippen molar-refractivity contribution in [1.29, 1.82) is 5.26 Å². The molecule has 1 aliphatic heterocycles. The van der Waals surface area contributed by atoms with Crippen LogP contribution in [0.4, 0.5) is 0 Å². The minimum atomic E-state index is -4.23. The second-order valence-corrected chi connectivity index (χ2v) is 12.1. The first-order valence-corrected chi connectivity index (χ1v) is 12.6. The van der Waals surface area contributed by atoms with Crippen molar-refractivity contribution in [2.75, 3.05) is 19.7 Å². The number of nitriles is 1. The highest BCUT2D eigenvalue weighted by molar-refractivity contribution is 9.10. The van der Waals surface area contributed by atoms with E-state index in [1.165, 1.54) is 42.5 Å². The number of halogens is 2. The van der Waals surface area contributed by atoms with Gasteiger partial charge in [-0.15, -0.1) is 0 Å². The lowest BCUT2D eigenvalue weighted by Gasteiger charge is -2.26. The van der Waals surface area contributed by atoms with Crippen LogP contribution in [-0.4, -0.2) is 61.9 Å². The highest BCUT2D eigenvalue weighted by atomic mass is 79.9. The number of hydrogen-bond donors (Lipinski definition) is 2. The van der Waals surface area contributed by atoms with Gasteiger partial charge in [-0.3, -0.25) is 0 Å². The van der Waals surface area contributed by atoms with Gasteiger partial charge in [-0.05, 0) is 58.4 Å². The Kier molecular flexibility index (Phi) is 6.33. The molecule has 2 aromatic rings. The highest BCUT2D eigenvalue weighted by Crippen LogP contribution is 2.36. The summed E-state index contributed by atoms with van der Waals surface area (Å²) in [5.41, 5.74) is -1.96. The average molecular weight is 536 g/mol. The molecule has 0 aliphatic carbocycles. The van der Waals surface area contributed by atoms with Crippen LogP contribution in [0.25, 0.3) is 0 Å². The zero-order valence-corrected chi connectivity index (χ0v) is 19.2. The second-order valence-electron chi connectivity index (χ2n) is 6.80. The topological polar surface area (TPSA) is 136 Å². The first kappa shape index (κ1) is 23.1. The summed E-state index contributed by atoms with van der Waals surface area (Å²) in [5.74, 6) is 0. The summed E-state index contributed by atoms with van der Waals surface area (Å²) in [6, 6.07) is 10.9. The fourth-order valence-electron chi connectivity index (χ4n) is 3.26. The molecule has 1 saturated heterocycles. The number of sulfonamides is 1. The third-order valence-electron chi connectivity index (χ3n) is 4.89. The van der Waals surface area contributed by atoms with E-state index in [0.29, 0.717) is 5.02 Å². The Balaban J connectivity index is 2.02. The van der Waals surface area contributed by atoms with Crippen molar-refractivity contribution in [2.24, 2.45) is 0 Å². The predicted molar refractivity (Wildman–Crippen MR) is 112 cm³/mol. The maximum Gasteiger partial charge on any atom is 0.244 e. The van der Waals surface area contributed by atoms with Crippen molar-refractivity contribution in [3.05, 3.63) is 57.5 Å². The van der Waals surface area contributed by atoms with E-state index in [4.69, 9.17) is 16.9 Å². The van der Waals surface area contributed by atoms with Crippen LogP contribution in [0.1, 0.15) is 5.56 Å². The Hall–Kier alpha value is -1.52. The lowest BCUT2D eigenvalue weighted by molar-refractivity contribution is 0.00160. The molecule has 2 atom stereocenters. The van der Waals surface area contributed by atoms with Crippen LogP contribution in [0.2, 0.25) is 5.02 Å². The van der Waals surface area contributed by atoms with E-state index in [1.807, 2.05) is 6.07 Å². The molecule has 1 heterocycles. The fraction of sp³-hybridized carbons (Fsp3) is 0.278. The average Bonchev–Trinajstić information content (AvgIpc) is 3.07. The summed E-state index contributed by atoms with van der Waals surface area (Å²) in [4.78, 5) is -0.339. The quantitative estimate of drug-likeness (QED) is 0.593. The molecule has 0 spiro atoms. The molecule has 2 N–H and O–H groups in total. The van der Waals surface area contributed by atoms with Gasteiger partial charge in [-0.1, -0.05) is 11.6 Å². The van der Waals surface area contributed by atoms with Gasteiger partial charge in [0, 0.05) is 22.6 Å². The largest absolute Gasteiger partial charge is 0.393 e. The molecule has 0 amide bonds. The first-order valence-electron chi connectivity index (χ1n) is 8.48. The molecule has 30 heavy (non-hydrogen) atoms. The number of hydrogen-bond acceptors (Lipinski definition) is 7. The number of nitrogens with zero attached hydrogens (tertiary/aromatic N) is 2. The molecular weight excluding hydrogens is 520 g/mol. The lowest BCUT2D eigenvalue weighted by atomic mass is 10.1. The van der Waals surface area contributed by atoms with Gasteiger partial charge in [0.05, 0.1) is 28.0 Å². The summed E-state index contributed by atoms with van der Waals surface area (Å²) in [6.45, 7) is -2.13. The third kappa shape index (κ3) is 4.01. The molecular formula is C18H16BrClN2O6S2. The minimum Gasteiger partial charge on any atom is -0.393 e. The maximum absolute atomic E-state index is 13.1. The van der Waals surface area contributed by atoms with Crippen molar-refractivity contribution >= 4 is 47.4 Å². The SMILES string of the molecule is N#Cc1ccc(S(=O)(=O)[C@H]2CN(S(=O)(=O)c3ccc(Cl)cc3Br)C[C@@]2(O)CO)cc1. The molecule has 1 fully saturated rings. The first-order chi connectivity index (χ1) is 14.0. The number of aliphatic hydroxyl groups excluding tert-OH is 1. The van der Waals surface area contributed by atoms with Crippen LogP contribution in [0, 0.1) is 11.3 Å². The number of rotatable bonds is 5. The Morgan fingerprint density at radius 2 is 1.83 bits per heavy atom. The van der Waals surface area contributed by atoms with Gasteiger partial charge in [0.1, 0.15) is 10.9 Å². The molecule has 0 aromatic heterocycles. The van der Waals surface area contributed by atoms with Crippen LogP contribution in [0.3, 0.4) is 0 Å². The highest BCUT2D eigenvalue weighted by Gasteiger charge is 2.55. The van der Waals surface area contributed by atoms with Crippen LogP contribution in [0.5, 0.6) is 0 Å². The number of aliphatic hydroxyl groups is 2. The van der Waals surface area contributed by atoms with E-state index in [1.54, 1.807) is 0 Å². The molecule has 2 aromatic carbocycles.